The average Bonchev–Trinajstić information content (AvgIpc) is 2.04. The van der Waals surface area contributed by atoms with Gasteiger partial charge in [0.05, 0.1) is 0 Å². The molecule has 55 valence electrons. The van der Waals surface area contributed by atoms with E-state index in [1.165, 1.54) is 11.1 Å². The minimum atomic E-state index is 0. The number of benzene rings is 1. The maximum absolute atomic E-state index is 2.21. The molecule has 11 heavy (non-hydrogen) atoms. The van der Waals surface area contributed by atoms with Crippen molar-refractivity contribution in [2.45, 2.75) is 26.7 Å². The quantitative estimate of drug-likeness (QED) is 0.578. The zero-order valence-electron chi connectivity index (χ0n) is 7.72. The van der Waals surface area contributed by atoms with Crippen molar-refractivity contribution in [3.05, 3.63) is 35.4 Å². The van der Waals surface area contributed by atoms with E-state index in [4.69, 9.17) is 0 Å². The van der Waals surface area contributed by atoms with Crippen molar-refractivity contribution in [3.63, 3.8) is 0 Å². The number of hydrogen-bond acceptors (Lipinski definition) is 0. The average molecular weight is 157 g/mol. The fourth-order valence-corrected chi connectivity index (χ4v) is 1.25. The summed E-state index contributed by atoms with van der Waals surface area (Å²) in [5.41, 5.74) is 2.98. The topological polar surface area (TPSA) is 0 Å². The SMILES string of the molecule is CCc1ccccc1CC.[Na]. The molecule has 1 aromatic rings. The predicted molar refractivity (Wildman–Crippen MR) is 51.0 cm³/mol. The molecule has 1 rings (SSSR count). The van der Waals surface area contributed by atoms with Crippen LogP contribution in [0.5, 0.6) is 0 Å². The molecule has 0 spiro atoms. The smallest absolute Gasteiger partial charge is 0 e. The first-order valence-corrected chi connectivity index (χ1v) is 3.95. The van der Waals surface area contributed by atoms with E-state index in [9.17, 15) is 0 Å². The van der Waals surface area contributed by atoms with Crippen LogP contribution in [0.15, 0.2) is 24.3 Å². The predicted octanol–water partition coefficient (Wildman–Crippen LogP) is 2.43. The van der Waals surface area contributed by atoms with Crippen LogP contribution in [-0.2, 0) is 12.8 Å². The summed E-state index contributed by atoms with van der Waals surface area (Å²) in [6.45, 7) is 4.41. The molecule has 1 heteroatoms. The summed E-state index contributed by atoms with van der Waals surface area (Å²) in [4.78, 5) is 0. The second kappa shape index (κ2) is 5.82. The van der Waals surface area contributed by atoms with E-state index >= 15 is 0 Å². The molecular weight excluding hydrogens is 143 g/mol. The molecule has 0 aliphatic rings. The summed E-state index contributed by atoms with van der Waals surface area (Å²) >= 11 is 0. The summed E-state index contributed by atoms with van der Waals surface area (Å²) in [6, 6.07) is 8.63. The molecule has 0 bridgehead atoms. The van der Waals surface area contributed by atoms with Crippen molar-refractivity contribution >= 4 is 29.6 Å². The molecule has 0 heterocycles. The van der Waals surface area contributed by atoms with E-state index in [0.29, 0.717) is 0 Å². The molecule has 0 aliphatic heterocycles. The molecule has 0 nitrogen and oxygen atoms in total. The van der Waals surface area contributed by atoms with Crippen LogP contribution < -0.4 is 0 Å². The fourth-order valence-electron chi connectivity index (χ4n) is 1.25. The maximum Gasteiger partial charge on any atom is 0 e. The van der Waals surface area contributed by atoms with Crippen LogP contribution in [0.3, 0.4) is 0 Å². The zero-order valence-corrected chi connectivity index (χ0v) is 9.72. The first-order chi connectivity index (χ1) is 4.88. The standard InChI is InChI=1S/C10H14.Na/c1-3-9-7-5-6-8-10(9)4-2;/h5-8H,3-4H2,1-2H3;. The Balaban J connectivity index is 0.000001000. The minimum Gasteiger partial charge on any atom is -0.0620 e. The van der Waals surface area contributed by atoms with Crippen LogP contribution in [-0.4, -0.2) is 29.6 Å². The zero-order chi connectivity index (χ0) is 7.40. The molecule has 0 aliphatic carbocycles. The third kappa shape index (κ3) is 2.98. The van der Waals surface area contributed by atoms with Crippen LogP contribution in [0.4, 0.5) is 0 Å². The molecule has 0 atom stereocenters. The molecule has 0 amide bonds. The monoisotopic (exact) mass is 157 g/mol. The molecule has 0 unspecified atom stereocenters. The van der Waals surface area contributed by atoms with Crippen LogP contribution in [0.25, 0.3) is 0 Å². The van der Waals surface area contributed by atoms with E-state index in [1.807, 2.05) is 0 Å². The Labute approximate surface area is 91.3 Å². The minimum absolute atomic E-state index is 0. The number of rotatable bonds is 2. The van der Waals surface area contributed by atoms with Gasteiger partial charge in [-0.1, -0.05) is 38.1 Å². The molecule has 0 saturated heterocycles. The van der Waals surface area contributed by atoms with Gasteiger partial charge >= 0.3 is 0 Å². The number of hydrogen-bond donors (Lipinski definition) is 0. The van der Waals surface area contributed by atoms with Gasteiger partial charge in [0.1, 0.15) is 0 Å². The largest absolute Gasteiger partial charge is 0.0620 e. The van der Waals surface area contributed by atoms with Crippen molar-refractivity contribution < 1.29 is 0 Å². The van der Waals surface area contributed by atoms with E-state index in [1.54, 1.807) is 0 Å². The van der Waals surface area contributed by atoms with Crippen LogP contribution in [0.1, 0.15) is 25.0 Å². The van der Waals surface area contributed by atoms with Crippen molar-refractivity contribution in [3.8, 4) is 0 Å². The summed E-state index contributed by atoms with van der Waals surface area (Å²) in [5, 5.41) is 0. The summed E-state index contributed by atoms with van der Waals surface area (Å²) in [6.07, 6.45) is 2.31. The Bertz CT molecular complexity index is 183. The summed E-state index contributed by atoms with van der Waals surface area (Å²) in [7, 11) is 0. The second-order valence-corrected chi connectivity index (χ2v) is 2.48. The van der Waals surface area contributed by atoms with E-state index in [0.717, 1.165) is 12.8 Å². The van der Waals surface area contributed by atoms with Gasteiger partial charge in [-0.25, -0.2) is 0 Å². The van der Waals surface area contributed by atoms with Crippen molar-refractivity contribution in [2.24, 2.45) is 0 Å². The van der Waals surface area contributed by atoms with Crippen LogP contribution in [0.2, 0.25) is 0 Å². The third-order valence-electron chi connectivity index (χ3n) is 1.88. The molecule has 1 radical (unpaired) electrons. The van der Waals surface area contributed by atoms with Gasteiger partial charge in [-0.2, -0.15) is 0 Å². The van der Waals surface area contributed by atoms with Crippen molar-refractivity contribution in [2.75, 3.05) is 0 Å². The van der Waals surface area contributed by atoms with Gasteiger partial charge in [0.2, 0.25) is 0 Å². The summed E-state index contributed by atoms with van der Waals surface area (Å²) in [5.74, 6) is 0. The molecule has 0 fully saturated rings. The van der Waals surface area contributed by atoms with Gasteiger partial charge in [-0.05, 0) is 24.0 Å². The second-order valence-electron chi connectivity index (χ2n) is 2.48. The van der Waals surface area contributed by atoms with E-state index in [-0.39, 0.29) is 29.6 Å². The summed E-state index contributed by atoms with van der Waals surface area (Å²) < 4.78 is 0. The van der Waals surface area contributed by atoms with Gasteiger partial charge < -0.3 is 0 Å². The normalized spacial score (nSPS) is 8.91. The van der Waals surface area contributed by atoms with Gasteiger partial charge in [0, 0.05) is 29.6 Å². The Kier molecular flexibility index (Phi) is 5.93. The van der Waals surface area contributed by atoms with Gasteiger partial charge in [0.15, 0.2) is 0 Å². The fraction of sp³-hybridized carbons (Fsp3) is 0.400. The van der Waals surface area contributed by atoms with Gasteiger partial charge in [-0.15, -0.1) is 0 Å². The van der Waals surface area contributed by atoms with Gasteiger partial charge in [0.25, 0.3) is 0 Å². The van der Waals surface area contributed by atoms with E-state index < -0.39 is 0 Å². The van der Waals surface area contributed by atoms with E-state index in [2.05, 4.69) is 38.1 Å². The Hall–Kier alpha value is 0.220. The molecule has 0 saturated carbocycles. The Morgan fingerprint density at radius 3 is 1.55 bits per heavy atom. The molecule has 0 aromatic heterocycles. The van der Waals surface area contributed by atoms with Crippen LogP contribution in [0, 0.1) is 0 Å². The third-order valence-corrected chi connectivity index (χ3v) is 1.88. The molecule has 1 aromatic carbocycles. The van der Waals surface area contributed by atoms with Crippen LogP contribution >= 0.6 is 0 Å². The first-order valence-electron chi connectivity index (χ1n) is 3.95. The Morgan fingerprint density at radius 2 is 1.27 bits per heavy atom. The molecule has 0 N–H and O–H groups in total. The van der Waals surface area contributed by atoms with Gasteiger partial charge in [-0.3, -0.25) is 0 Å². The van der Waals surface area contributed by atoms with Crippen molar-refractivity contribution in [1.82, 2.24) is 0 Å². The number of aryl methyl sites for hydroxylation is 2. The molecular formula is C10H14Na. The van der Waals surface area contributed by atoms with Crippen molar-refractivity contribution in [1.29, 1.82) is 0 Å². The first kappa shape index (κ1) is 11.2. The Morgan fingerprint density at radius 1 is 0.909 bits per heavy atom. The maximum atomic E-state index is 2.21.